The predicted molar refractivity (Wildman–Crippen MR) is 72.1 cm³/mol. The summed E-state index contributed by atoms with van der Waals surface area (Å²) in [4.78, 5) is 11.9. The summed E-state index contributed by atoms with van der Waals surface area (Å²) >= 11 is 0. The summed E-state index contributed by atoms with van der Waals surface area (Å²) < 4.78 is 13.4. The van der Waals surface area contributed by atoms with Gasteiger partial charge in [0.05, 0.1) is 0 Å². The minimum Gasteiger partial charge on any atom is -0.374 e. The average Bonchev–Trinajstić information content (AvgIpc) is 2.22. The minimum absolute atomic E-state index is 0.105. The zero-order chi connectivity index (χ0) is 13.9. The van der Waals surface area contributed by atoms with Gasteiger partial charge in [0, 0.05) is 16.8 Å². The molecule has 0 aliphatic carbocycles. The van der Waals surface area contributed by atoms with E-state index in [-0.39, 0.29) is 17.3 Å². The Morgan fingerprint density at radius 2 is 1.94 bits per heavy atom. The minimum atomic E-state index is -0.412. The molecule has 0 aromatic heterocycles. The van der Waals surface area contributed by atoms with Crippen molar-refractivity contribution in [1.82, 2.24) is 5.32 Å². The lowest BCUT2D eigenvalue weighted by Crippen LogP contribution is -2.47. The fraction of sp³-hybridized carbons (Fsp3) is 0.500. The third-order valence-electron chi connectivity index (χ3n) is 2.53. The van der Waals surface area contributed by atoms with E-state index >= 15 is 0 Å². The van der Waals surface area contributed by atoms with E-state index in [9.17, 15) is 9.18 Å². The van der Waals surface area contributed by atoms with Gasteiger partial charge in [-0.3, -0.25) is 4.79 Å². The number of carbonyl (C=O) groups excluding carboxylic acids is 1. The molecule has 1 aromatic rings. The van der Waals surface area contributed by atoms with Crippen molar-refractivity contribution in [3.05, 3.63) is 29.6 Å². The highest BCUT2D eigenvalue weighted by atomic mass is 19.1. The van der Waals surface area contributed by atoms with Crippen molar-refractivity contribution in [3.63, 3.8) is 0 Å². The summed E-state index contributed by atoms with van der Waals surface area (Å²) in [6.07, 6.45) is 0. The van der Waals surface area contributed by atoms with Gasteiger partial charge in [0.25, 0.3) is 0 Å². The Morgan fingerprint density at radius 3 is 2.50 bits per heavy atom. The van der Waals surface area contributed by atoms with Crippen LogP contribution in [0.25, 0.3) is 0 Å². The summed E-state index contributed by atoms with van der Waals surface area (Å²) in [5.74, 6) is -0.380. The first-order chi connectivity index (χ1) is 8.20. The lowest BCUT2D eigenvalue weighted by molar-refractivity contribution is -0.122. The Balaban J connectivity index is 2.73. The molecule has 0 radical (unpaired) electrons. The van der Waals surface area contributed by atoms with Crippen LogP contribution in [0.3, 0.4) is 0 Å². The molecular weight excluding hydrogens is 231 g/mol. The Morgan fingerprint density at radius 1 is 1.33 bits per heavy atom. The molecular formula is C14H21FN2O. The van der Waals surface area contributed by atoms with E-state index in [1.165, 1.54) is 6.07 Å². The van der Waals surface area contributed by atoms with Crippen LogP contribution in [0, 0.1) is 12.7 Å². The van der Waals surface area contributed by atoms with Gasteiger partial charge in [0.1, 0.15) is 11.9 Å². The number of anilines is 1. The highest BCUT2D eigenvalue weighted by Crippen LogP contribution is 2.18. The zero-order valence-electron chi connectivity index (χ0n) is 11.6. The van der Waals surface area contributed by atoms with Crippen LogP contribution in [0.5, 0.6) is 0 Å². The molecule has 0 saturated carbocycles. The maximum Gasteiger partial charge on any atom is 0.242 e. The van der Waals surface area contributed by atoms with Crippen molar-refractivity contribution in [2.75, 3.05) is 5.32 Å². The van der Waals surface area contributed by atoms with Crippen molar-refractivity contribution >= 4 is 11.6 Å². The van der Waals surface area contributed by atoms with Crippen molar-refractivity contribution < 1.29 is 9.18 Å². The van der Waals surface area contributed by atoms with E-state index in [0.29, 0.717) is 11.3 Å². The second-order valence-corrected chi connectivity index (χ2v) is 5.52. The molecule has 0 bridgehead atoms. The van der Waals surface area contributed by atoms with Gasteiger partial charge < -0.3 is 10.6 Å². The molecule has 3 nitrogen and oxygen atoms in total. The quantitative estimate of drug-likeness (QED) is 0.868. The van der Waals surface area contributed by atoms with Crippen molar-refractivity contribution in [2.24, 2.45) is 0 Å². The molecule has 2 N–H and O–H groups in total. The number of hydrogen-bond donors (Lipinski definition) is 2. The van der Waals surface area contributed by atoms with Crippen molar-refractivity contribution in [1.29, 1.82) is 0 Å². The highest BCUT2D eigenvalue weighted by Gasteiger charge is 2.19. The number of amides is 1. The molecule has 1 unspecified atom stereocenters. The molecule has 0 saturated heterocycles. The standard InChI is InChI=1S/C14H21FN2O/c1-9-11(15)7-6-8-12(9)16-10(2)13(18)17-14(3,4)5/h6-8,10,16H,1-5H3,(H,17,18). The van der Waals surface area contributed by atoms with Gasteiger partial charge in [-0.2, -0.15) is 0 Å². The Hall–Kier alpha value is -1.58. The first-order valence-corrected chi connectivity index (χ1v) is 6.04. The zero-order valence-corrected chi connectivity index (χ0v) is 11.6. The molecule has 0 aliphatic heterocycles. The van der Waals surface area contributed by atoms with E-state index in [1.807, 2.05) is 20.8 Å². The topological polar surface area (TPSA) is 41.1 Å². The molecule has 0 heterocycles. The second kappa shape index (κ2) is 5.38. The molecule has 1 rings (SSSR count). The molecule has 1 atom stereocenters. The van der Waals surface area contributed by atoms with Gasteiger partial charge in [-0.1, -0.05) is 6.07 Å². The first-order valence-electron chi connectivity index (χ1n) is 6.04. The monoisotopic (exact) mass is 252 g/mol. The summed E-state index contributed by atoms with van der Waals surface area (Å²) in [5, 5.41) is 5.90. The van der Waals surface area contributed by atoms with E-state index in [2.05, 4.69) is 10.6 Å². The van der Waals surface area contributed by atoms with Crippen LogP contribution in [0.4, 0.5) is 10.1 Å². The molecule has 18 heavy (non-hydrogen) atoms. The summed E-state index contributed by atoms with van der Waals surface area (Å²) in [6, 6.07) is 4.38. The van der Waals surface area contributed by atoms with Crippen LogP contribution in [0.2, 0.25) is 0 Å². The van der Waals surface area contributed by atoms with Crippen LogP contribution < -0.4 is 10.6 Å². The first kappa shape index (κ1) is 14.5. The summed E-state index contributed by atoms with van der Waals surface area (Å²) in [5.41, 5.74) is 0.892. The van der Waals surface area contributed by atoms with E-state index in [0.717, 1.165) is 0 Å². The maximum atomic E-state index is 13.4. The highest BCUT2D eigenvalue weighted by molar-refractivity contribution is 5.84. The molecule has 100 valence electrons. The van der Waals surface area contributed by atoms with Gasteiger partial charge in [-0.05, 0) is 46.8 Å². The normalized spacial score (nSPS) is 13.0. The van der Waals surface area contributed by atoms with Crippen molar-refractivity contribution in [2.45, 2.75) is 46.2 Å². The van der Waals surface area contributed by atoms with Crippen molar-refractivity contribution in [3.8, 4) is 0 Å². The Bertz CT molecular complexity index is 438. The fourth-order valence-electron chi connectivity index (χ4n) is 1.54. The third-order valence-corrected chi connectivity index (χ3v) is 2.53. The summed E-state index contributed by atoms with van der Waals surface area (Å²) in [6.45, 7) is 9.21. The number of halogens is 1. The van der Waals surface area contributed by atoms with Gasteiger partial charge >= 0.3 is 0 Å². The number of nitrogens with one attached hydrogen (secondary N) is 2. The van der Waals surface area contributed by atoms with Gasteiger partial charge in [0.15, 0.2) is 0 Å². The SMILES string of the molecule is Cc1c(F)cccc1NC(C)C(=O)NC(C)(C)C. The largest absolute Gasteiger partial charge is 0.374 e. The van der Waals surface area contributed by atoms with Gasteiger partial charge in [-0.25, -0.2) is 4.39 Å². The lowest BCUT2D eigenvalue weighted by atomic mass is 10.1. The summed E-state index contributed by atoms with van der Waals surface area (Å²) in [7, 11) is 0. The Kier molecular flexibility index (Phi) is 4.33. The van der Waals surface area contributed by atoms with Crippen LogP contribution in [-0.4, -0.2) is 17.5 Å². The van der Waals surface area contributed by atoms with Crippen LogP contribution in [0.15, 0.2) is 18.2 Å². The molecule has 0 aliphatic rings. The number of carbonyl (C=O) groups is 1. The molecule has 1 aromatic carbocycles. The third kappa shape index (κ3) is 4.02. The van der Waals surface area contributed by atoms with Crippen LogP contribution >= 0.6 is 0 Å². The lowest BCUT2D eigenvalue weighted by Gasteiger charge is -2.24. The van der Waals surface area contributed by atoms with E-state index < -0.39 is 6.04 Å². The maximum absolute atomic E-state index is 13.4. The fourth-order valence-corrected chi connectivity index (χ4v) is 1.54. The number of rotatable bonds is 3. The van der Waals surface area contributed by atoms with Crippen LogP contribution in [-0.2, 0) is 4.79 Å². The van der Waals surface area contributed by atoms with Gasteiger partial charge in [0.2, 0.25) is 5.91 Å². The van der Waals surface area contributed by atoms with E-state index in [4.69, 9.17) is 0 Å². The van der Waals surface area contributed by atoms with Gasteiger partial charge in [-0.15, -0.1) is 0 Å². The molecule has 0 spiro atoms. The molecule has 4 heteroatoms. The van der Waals surface area contributed by atoms with E-state index in [1.54, 1.807) is 26.0 Å². The molecule has 1 amide bonds. The second-order valence-electron chi connectivity index (χ2n) is 5.52. The van der Waals surface area contributed by atoms with Crippen LogP contribution in [0.1, 0.15) is 33.3 Å². The number of benzene rings is 1. The smallest absolute Gasteiger partial charge is 0.242 e. The molecule has 0 fully saturated rings. The Labute approximate surface area is 108 Å². The predicted octanol–water partition coefficient (Wildman–Crippen LogP) is 2.85. The number of hydrogen-bond acceptors (Lipinski definition) is 2. The average molecular weight is 252 g/mol.